The van der Waals surface area contributed by atoms with Gasteiger partial charge in [0, 0.05) is 12.3 Å². The summed E-state index contributed by atoms with van der Waals surface area (Å²) in [6, 6.07) is 7.40. The Bertz CT molecular complexity index is 1490. The van der Waals surface area contributed by atoms with Crippen LogP contribution in [-0.4, -0.2) is 39.6 Å². The second-order valence-electron chi connectivity index (χ2n) is 8.55. The van der Waals surface area contributed by atoms with Gasteiger partial charge in [-0.15, -0.1) is 0 Å². The van der Waals surface area contributed by atoms with Gasteiger partial charge in [0.1, 0.15) is 23.0 Å². The Labute approximate surface area is 192 Å². The molecular weight excluding hydrogens is 438 g/mol. The molecule has 3 N–H and O–H groups in total. The highest BCUT2D eigenvalue weighted by atomic mass is 32.2. The van der Waals surface area contributed by atoms with Crippen molar-refractivity contribution in [3.8, 4) is 0 Å². The number of benzene rings is 1. The van der Waals surface area contributed by atoms with Crippen LogP contribution in [0, 0.1) is 20.8 Å². The molecule has 9 nitrogen and oxygen atoms in total. The normalized spacial score (nSPS) is 13.9. The average Bonchev–Trinajstić information content (AvgIpc) is 3.52. The Morgan fingerprint density at radius 1 is 0.939 bits per heavy atom. The van der Waals surface area contributed by atoms with Crippen LogP contribution in [0.15, 0.2) is 35.4 Å². The summed E-state index contributed by atoms with van der Waals surface area (Å²) in [5.41, 5.74) is 5.08. The van der Waals surface area contributed by atoms with E-state index in [1.54, 1.807) is 18.3 Å². The molecule has 0 saturated heterocycles. The minimum atomic E-state index is -3.44. The predicted octanol–water partition coefficient (Wildman–Crippen LogP) is 4.44. The van der Waals surface area contributed by atoms with Gasteiger partial charge in [-0.05, 0) is 57.2 Å². The van der Waals surface area contributed by atoms with Crippen LogP contribution < -0.4 is 10.6 Å². The number of anilines is 4. The standard InChI is InChI=1S/C23H25N7O2S/c1-12-13(2)25-21(11-24-12)29-20-10-18(22-23(30-20)27-14(3)26-22)28-17-8-7-16(15-5-6-15)9-19(17)33(4,31)32/h7-11,15H,5-6H2,1-4H3,(H3,25,26,27,28,29,30). The molecule has 0 bridgehead atoms. The van der Waals surface area contributed by atoms with E-state index in [9.17, 15) is 8.42 Å². The lowest BCUT2D eigenvalue weighted by molar-refractivity contribution is 0.602. The van der Waals surface area contributed by atoms with Crippen LogP contribution in [0.2, 0.25) is 0 Å². The molecule has 0 amide bonds. The number of fused-ring (bicyclic) bond motifs is 1. The first kappa shape index (κ1) is 21.3. The van der Waals surface area contributed by atoms with Crippen molar-refractivity contribution >= 4 is 44.0 Å². The SMILES string of the molecule is Cc1nc2c(Nc3ccc(C4CC4)cc3S(C)(=O)=O)cc(Nc3cnc(C)c(C)n3)nc2[nH]1. The van der Waals surface area contributed by atoms with E-state index in [1.165, 1.54) is 6.26 Å². The summed E-state index contributed by atoms with van der Waals surface area (Å²) in [5, 5.41) is 6.48. The molecule has 10 heteroatoms. The second kappa shape index (κ2) is 7.80. The van der Waals surface area contributed by atoms with Gasteiger partial charge in [-0.3, -0.25) is 4.98 Å². The van der Waals surface area contributed by atoms with Crippen molar-refractivity contribution in [2.24, 2.45) is 0 Å². The zero-order valence-corrected chi connectivity index (χ0v) is 19.7. The quantitative estimate of drug-likeness (QED) is 0.383. The van der Waals surface area contributed by atoms with Crippen LogP contribution >= 0.6 is 0 Å². The van der Waals surface area contributed by atoms with Gasteiger partial charge in [0.05, 0.1) is 33.9 Å². The number of rotatable bonds is 6. The number of aromatic nitrogens is 5. The van der Waals surface area contributed by atoms with Gasteiger partial charge in [-0.2, -0.15) is 0 Å². The fraction of sp³-hybridized carbons (Fsp3) is 0.304. The van der Waals surface area contributed by atoms with Gasteiger partial charge in [-0.25, -0.2) is 23.4 Å². The van der Waals surface area contributed by atoms with E-state index in [0.717, 1.165) is 29.8 Å². The summed E-state index contributed by atoms with van der Waals surface area (Å²) in [7, 11) is -3.44. The van der Waals surface area contributed by atoms with Crippen molar-refractivity contribution in [3.63, 3.8) is 0 Å². The highest BCUT2D eigenvalue weighted by Gasteiger charge is 2.26. The first-order valence-corrected chi connectivity index (χ1v) is 12.6. The number of hydrogen-bond acceptors (Lipinski definition) is 8. The lowest BCUT2D eigenvalue weighted by Crippen LogP contribution is -2.05. The summed E-state index contributed by atoms with van der Waals surface area (Å²) < 4.78 is 25.1. The predicted molar refractivity (Wildman–Crippen MR) is 128 cm³/mol. The van der Waals surface area contributed by atoms with E-state index < -0.39 is 9.84 Å². The molecule has 170 valence electrons. The lowest BCUT2D eigenvalue weighted by atomic mass is 10.1. The molecule has 3 aromatic heterocycles. The Kier molecular flexibility index (Phi) is 5.04. The Morgan fingerprint density at radius 3 is 2.42 bits per heavy atom. The first-order chi connectivity index (χ1) is 15.7. The highest BCUT2D eigenvalue weighted by molar-refractivity contribution is 7.90. The zero-order chi connectivity index (χ0) is 23.3. The van der Waals surface area contributed by atoms with Gasteiger partial charge in [-0.1, -0.05) is 6.07 Å². The third-order valence-corrected chi connectivity index (χ3v) is 6.88. The van der Waals surface area contributed by atoms with E-state index in [1.807, 2.05) is 32.9 Å². The van der Waals surface area contributed by atoms with Crippen LogP contribution in [0.5, 0.6) is 0 Å². The number of aryl methyl sites for hydroxylation is 3. The van der Waals surface area contributed by atoms with E-state index in [-0.39, 0.29) is 4.90 Å². The molecule has 3 heterocycles. The number of imidazole rings is 1. The number of H-pyrrole nitrogens is 1. The molecule has 1 aliphatic rings. The van der Waals surface area contributed by atoms with Crippen LogP contribution in [0.4, 0.5) is 23.0 Å². The molecule has 1 aromatic carbocycles. The number of nitrogens with zero attached hydrogens (tertiary/aromatic N) is 4. The number of aromatic amines is 1. The number of pyridine rings is 1. The third-order valence-electron chi connectivity index (χ3n) is 5.74. The Hall–Kier alpha value is -3.53. The summed E-state index contributed by atoms with van der Waals surface area (Å²) >= 11 is 0. The summed E-state index contributed by atoms with van der Waals surface area (Å²) in [5.74, 6) is 2.26. The van der Waals surface area contributed by atoms with Crippen molar-refractivity contribution < 1.29 is 8.42 Å². The van der Waals surface area contributed by atoms with Gasteiger partial charge >= 0.3 is 0 Å². The van der Waals surface area contributed by atoms with Gasteiger partial charge in [0.25, 0.3) is 0 Å². The van der Waals surface area contributed by atoms with Gasteiger partial charge in [0.2, 0.25) is 0 Å². The van der Waals surface area contributed by atoms with Crippen molar-refractivity contribution in [2.75, 3.05) is 16.9 Å². The molecule has 0 radical (unpaired) electrons. The fourth-order valence-corrected chi connectivity index (χ4v) is 4.63. The van der Waals surface area contributed by atoms with Gasteiger partial charge < -0.3 is 15.6 Å². The van der Waals surface area contributed by atoms with Crippen LogP contribution in [0.25, 0.3) is 11.2 Å². The molecule has 0 spiro atoms. The molecule has 0 atom stereocenters. The maximum atomic E-state index is 12.6. The average molecular weight is 464 g/mol. The first-order valence-electron chi connectivity index (χ1n) is 10.7. The van der Waals surface area contributed by atoms with Crippen molar-refractivity contribution in [3.05, 3.63) is 53.2 Å². The minimum absolute atomic E-state index is 0.277. The maximum Gasteiger partial charge on any atom is 0.177 e. The molecule has 1 fully saturated rings. The van der Waals surface area contributed by atoms with Crippen molar-refractivity contribution in [1.29, 1.82) is 0 Å². The van der Waals surface area contributed by atoms with E-state index >= 15 is 0 Å². The summed E-state index contributed by atoms with van der Waals surface area (Å²) in [6.07, 6.45) is 5.09. The van der Waals surface area contributed by atoms with Crippen molar-refractivity contribution in [1.82, 2.24) is 24.9 Å². The van der Waals surface area contributed by atoms with Crippen molar-refractivity contribution in [2.45, 2.75) is 44.4 Å². The number of hydrogen-bond donors (Lipinski definition) is 3. The van der Waals surface area contributed by atoms with Gasteiger partial charge in [0.15, 0.2) is 15.5 Å². The van der Waals surface area contributed by atoms with Crippen LogP contribution in [0.1, 0.15) is 41.5 Å². The Balaban J connectivity index is 1.57. The summed E-state index contributed by atoms with van der Waals surface area (Å²) in [6.45, 7) is 5.65. The van der Waals surface area contributed by atoms with E-state index in [0.29, 0.717) is 45.9 Å². The second-order valence-corrected chi connectivity index (χ2v) is 10.5. The topological polar surface area (TPSA) is 126 Å². The molecule has 4 aromatic rings. The highest BCUT2D eigenvalue weighted by Crippen LogP contribution is 2.42. The third kappa shape index (κ3) is 4.38. The molecule has 33 heavy (non-hydrogen) atoms. The molecule has 1 aliphatic carbocycles. The number of sulfone groups is 1. The van der Waals surface area contributed by atoms with Crippen LogP contribution in [-0.2, 0) is 9.84 Å². The fourth-order valence-electron chi connectivity index (χ4n) is 3.76. The van der Waals surface area contributed by atoms with E-state index in [4.69, 9.17) is 0 Å². The van der Waals surface area contributed by atoms with Crippen LogP contribution in [0.3, 0.4) is 0 Å². The monoisotopic (exact) mass is 463 g/mol. The Morgan fingerprint density at radius 2 is 1.73 bits per heavy atom. The zero-order valence-electron chi connectivity index (χ0n) is 18.9. The molecule has 1 saturated carbocycles. The largest absolute Gasteiger partial charge is 0.352 e. The van der Waals surface area contributed by atoms with E-state index in [2.05, 4.69) is 35.6 Å². The smallest absolute Gasteiger partial charge is 0.177 e. The lowest BCUT2D eigenvalue weighted by Gasteiger charge is -2.14. The maximum absolute atomic E-state index is 12.6. The molecule has 0 unspecified atom stereocenters. The minimum Gasteiger partial charge on any atom is -0.352 e. The molecular formula is C23H25N7O2S. The summed E-state index contributed by atoms with van der Waals surface area (Å²) in [4.78, 5) is 21.4. The number of nitrogens with one attached hydrogen (secondary N) is 3. The molecule has 5 rings (SSSR count). The molecule has 0 aliphatic heterocycles.